The molecule has 1 aromatic heterocycles. The van der Waals surface area contributed by atoms with Crippen LogP contribution >= 0.6 is 0 Å². The van der Waals surface area contributed by atoms with Crippen molar-refractivity contribution in [3.8, 4) is 0 Å². The molecule has 0 spiro atoms. The van der Waals surface area contributed by atoms with Gasteiger partial charge in [0.25, 0.3) is 0 Å². The SMILES string of the molecule is CCS(=O)(=O)N1CC=C(c2c(C)n(Cc3ccc(F)cc3)c3ccccc23)CC1. The van der Waals surface area contributed by atoms with Gasteiger partial charge in [-0.25, -0.2) is 12.8 Å². The Morgan fingerprint density at radius 1 is 1.07 bits per heavy atom. The van der Waals surface area contributed by atoms with Crippen molar-refractivity contribution >= 4 is 26.5 Å². The lowest BCUT2D eigenvalue weighted by Crippen LogP contribution is -2.35. The van der Waals surface area contributed by atoms with E-state index in [0.29, 0.717) is 26.1 Å². The monoisotopic (exact) mass is 412 g/mol. The lowest BCUT2D eigenvalue weighted by atomic mass is 9.97. The number of rotatable bonds is 5. The van der Waals surface area contributed by atoms with E-state index in [1.807, 2.05) is 30.3 Å². The smallest absolute Gasteiger partial charge is 0.214 e. The molecule has 4 nitrogen and oxygen atoms in total. The van der Waals surface area contributed by atoms with Gasteiger partial charge in [0.15, 0.2) is 0 Å². The highest BCUT2D eigenvalue weighted by Crippen LogP contribution is 2.35. The molecule has 2 heterocycles. The Labute approximate surface area is 171 Å². The Bertz CT molecular complexity index is 1180. The second-order valence-electron chi connectivity index (χ2n) is 7.43. The molecule has 1 aliphatic rings. The van der Waals surface area contributed by atoms with Gasteiger partial charge in [-0.1, -0.05) is 36.4 Å². The van der Waals surface area contributed by atoms with Crippen molar-refractivity contribution in [1.29, 1.82) is 0 Å². The molecule has 152 valence electrons. The molecule has 0 aliphatic carbocycles. The highest BCUT2D eigenvalue weighted by atomic mass is 32.2. The standard InChI is InChI=1S/C23H25FN2O2S/c1-3-29(27,28)25-14-12-19(13-15-25)23-17(2)26(22-7-5-4-6-21(22)23)16-18-8-10-20(24)11-9-18/h4-12H,3,13-16H2,1-2H3. The molecule has 0 amide bonds. The molecular formula is C23H25FN2O2S. The van der Waals surface area contributed by atoms with Gasteiger partial charge in [0.1, 0.15) is 5.82 Å². The fraction of sp³-hybridized carbons (Fsp3) is 0.304. The molecule has 2 aromatic carbocycles. The van der Waals surface area contributed by atoms with E-state index in [4.69, 9.17) is 0 Å². The fourth-order valence-corrected chi connectivity index (χ4v) is 5.16. The van der Waals surface area contributed by atoms with Crippen LogP contribution in [-0.4, -0.2) is 36.1 Å². The largest absolute Gasteiger partial charge is 0.340 e. The zero-order chi connectivity index (χ0) is 20.6. The number of sulfonamides is 1. The molecule has 6 heteroatoms. The maximum Gasteiger partial charge on any atom is 0.214 e. The van der Waals surface area contributed by atoms with E-state index in [9.17, 15) is 12.8 Å². The molecule has 0 fully saturated rings. The van der Waals surface area contributed by atoms with Crippen LogP contribution in [-0.2, 0) is 16.6 Å². The number of fused-ring (bicyclic) bond motifs is 1. The zero-order valence-corrected chi connectivity index (χ0v) is 17.5. The molecule has 0 bridgehead atoms. The van der Waals surface area contributed by atoms with Crippen molar-refractivity contribution in [2.24, 2.45) is 0 Å². The van der Waals surface area contributed by atoms with Crippen molar-refractivity contribution in [3.05, 3.63) is 77.2 Å². The molecule has 0 N–H and O–H groups in total. The van der Waals surface area contributed by atoms with Crippen LogP contribution in [0.2, 0.25) is 0 Å². The number of para-hydroxylation sites is 1. The van der Waals surface area contributed by atoms with E-state index in [1.165, 1.54) is 28.7 Å². The van der Waals surface area contributed by atoms with Crippen LogP contribution in [0, 0.1) is 12.7 Å². The topological polar surface area (TPSA) is 42.3 Å². The Hall–Kier alpha value is -2.44. The highest BCUT2D eigenvalue weighted by molar-refractivity contribution is 7.89. The summed E-state index contributed by atoms with van der Waals surface area (Å²) >= 11 is 0. The van der Waals surface area contributed by atoms with Gasteiger partial charge in [0.2, 0.25) is 10.0 Å². The number of halogens is 1. The van der Waals surface area contributed by atoms with Crippen LogP contribution in [0.15, 0.2) is 54.6 Å². The summed E-state index contributed by atoms with van der Waals surface area (Å²) in [5.74, 6) is -0.103. The summed E-state index contributed by atoms with van der Waals surface area (Å²) in [4.78, 5) is 0. The summed E-state index contributed by atoms with van der Waals surface area (Å²) in [7, 11) is -3.17. The molecule has 0 unspecified atom stereocenters. The first-order valence-corrected chi connectivity index (χ1v) is 11.5. The second kappa shape index (κ2) is 7.76. The molecule has 3 aromatic rings. The van der Waals surface area contributed by atoms with Gasteiger partial charge in [-0.05, 0) is 49.6 Å². The van der Waals surface area contributed by atoms with Crippen molar-refractivity contribution in [2.45, 2.75) is 26.8 Å². The minimum absolute atomic E-state index is 0.131. The predicted octanol–water partition coefficient (Wildman–Crippen LogP) is 4.58. The molecule has 29 heavy (non-hydrogen) atoms. The lowest BCUT2D eigenvalue weighted by molar-refractivity contribution is 0.442. The number of benzene rings is 2. The third-order valence-corrected chi connectivity index (χ3v) is 7.58. The van der Waals surface area contributed by atoms with Crippen molar-refractivity contribution in [3.63, 3.8) is 0 Å². The van der Waals surface area contributed by atoms with Gasteiger partial charge in [-0.3, -0.25) is 0 Å². The first-order chi connectivity index (χ1) is 13.9. The van der Waals surface area contributed by atoms with Crippen molar-refractivity contribution in [2.75, 3.05) is 18.8 Å². The van der Waals surface area contributed by atoms with Crippen LogP contribution in [0.1, 0.15) is 30.2 Å². The van der Waals surface area contributed by atoms with Gasteiger partial charge in [-0.15, -0.1) is 0 Å². The fourth-order valence-electron chi connectivity index (χ4n) is 4.13. The maximum absolute atomic E-state index is 13.3. The molecule has 0 saturated carbocycles. The van der Waals surface area contributed by atoms with Crippen LogP contribution < -0.4 is 0 Å². The number of aromatic nitrogens is 1. The lowest BCUT2D eigenvalue weighted by Gasteiger charge is -2.25. The maximum atomic E-state index is 13.3. The first kappa shape index (κ1) is 19.9. The summed E-state index contributed by atoms with van der Waals surface area (Å²) < 4.78 is 41.4. The van der Waals surface area contributed by atoms with Crippen LogP contribution in [0.5, 0.6) is 0 Å². The quantitative estimate of drug-likeness (QED) is 0.616. The summed E-state index contributed by atoms with van der Waals surface area (Å²) in [6.45, 7) is 5.38. The van der Waals surface area contributed by atoms with Crippen LogP contribution in [0.3, 0.4) is 0 Å². The number of hydrogen-bond acceptors (Lipinski definition) is 2. The summed E-state index contributed by atoms with van der Waals surface area (Å²) in [5, 5.41) is 1.17. The number of hydrogen-bond donors (Lipinski definition) is 0. The van der Waals surface area contributed by atoms with E-state index in [-0.39, 0.29) is 11.6 Å². The Morgan fingerprint density at radius 2 is 1.79 bits per heavy atom. The van der Waals surface area contributed by atoms with E-state index < -0.39 is 10.0 Å². The summed E-state index contributed by atoms with van der Waals surface area (Å²) in [6, 6.07) is 14.9. The third kappa shape index (κ3) is 3.74. The minimum Gasteiger partial charge on any atom is -0.340 e. The number of nitrogens with zero attached hydrogens (tertiary/aromatic N) is 2. The van der Waals surface area contributed by atoms with Gasteiger partial charge in [0, 0.05) is 41.8 Å². The summed E-state index contributed by atoms with van der Waals surface area (Å²) in [6.07, 6.45) is 2.75. The molecule has 0 radical (unpaired) electrons. The molecule has 0 atom stereocenters. The van der Waals surface area contributed by atoms with E-state index in [0.717, 1.165) is 16.8 Å². The van der Waals surface area contributed by atoms with Gasteiger partial charge in [0.05, 0.1) is 5.75 Å². The predicted molar refractivity (Wildman–Crippen MR) is 116 cm³/mol. The molecule has 0 saturated heterocycles. The Kier molecular flexibility index (Phi) is 5.32. The second-order valence-corrected chi connectivity index (χ2v) is 9.69. The first-order valence-electron chi connectivity index (χ1n) is 9.90. The van der Waals surface area contributed by atoms with E-state index in [2.05, 4.69) is 23.6 Å². The highest BCUT2D eigenvalue weighted by Gasteiger charge is 2.25. The average Bonchev–Trinajstić information content (AvgIpc) is 3.01. The normalized spacial score (nSPS) is 15.6. The molecular weight excluding hydrogens is 387 g/mol. The Balaban J connectivity index is 1.74. The summed E-state index contributed by atoms with van der Waals surface area (Å²) in [5.41, 5.74) is 5.71. The average molecular weight is 413 g/mol. The van der Waals surface area contributed by atoms with E-state index in [1.54, 1.807) is 11.2 Å². The minimum atomic E-state index is -3.17. The Morgan fingerprint density at radius 3 is 2.45 bits per heavy atom. The van der Waals surface area contributed by atoms with Gasteiger partial charge in [-0.2, -0.15) is 4.31 Å². The van der Waals surface area contributed by atoms with Gasteiger partial charge >= 0.3 is 0 Å². The van der Waals surface area contributed by atoms with Crippen LogP contribution in [0.25, 0.3) is 16.5 Å². The van der Waals surface area contributed by atoms with Crippen molar-refractivity contribution < 1.29 is 12.8 Å². The van der Waals surface area contributed by atoms with Crippen LogP contribution in [0.4, 0.5) is 4.39 Å². The van der Waals surface area contributed by atoms with Crippen molar-refractivity contribution in [1.82, 2.24) is 8.87 Å². The molecule has 4 rings (SSSR count). The molecule has 1 aliphatic heterocycles. The van der Waals surface area contributed by atoms with E-state index >= 15 is 0 Å². The van der Waals surface area contributed by atoms with Gasteiger partial charge < -0.3 is 4.57 Å². The zero-order valence-electron chi connectivity index (χ0n) is 16.7. The third-order valence-electron chi connectivity index (χ3n) is 5.74.